The van der Waals surface area contributed by atoms with Crippen LogP contribution in [0.25, 0.3) is 0 Å². The average Bonchev–Trinajstić information content (AvgIpc) is 2.97. The van der Waals surface area contributed by atoms with Gasteiger partial charge in [-0.15, -0.1) is 0 Å². The number of hydrogen-bond donors (Lipinski definition) is 2. The number of hydrogen-bond acceptors (Lipinski definition) is 5. The summed E-state index contributed by atoms with van der Waals surface area (Å²) in [5, 5.41) is 8.02. The van der Waals surface area contributed by atoms with Crippen molar-refractivity contribution in [2.75, 3.05) is 30.7 Å². The summed E-state index contributed by atoms with van der Waals surface area (Å²) in [5.74, 6) is 0.328. The summed E-state index contributed by atoms with van der Waals surface area (Å²) >= 11 is 0. The maximum absolute atomic E-state index is 13.2. The van der Waals surface area contributed by atoms with Gasteiger partial charge in [0.25, 0.3) is 5.91 Å². The van der Waals surface area contributed by atoms with Crippen LogP contribution in [0.2, 0.25) is 0 Å². The van der Waals surface area contributed by atoms with Crippen molar-refractivity contribution in [3.63, 3.8) is 0 Å². The number of aryl methyl sites for hydroxylation is 1. The van der Waals surface area contributed by atoms with Crippen LogP contribution in [0.1, 0.15) is 46.4 Å². The molecule has 0 amide bonds. The van der Waals surface area contributed by atoms with Crippen LogP contribution in [0.3, 0.4) is 0 Å². The highest BCUT2D eigenvalue weighted by Gasteiger charge is 2.32. The van der Waals surface area contributed by atoms with E-state index in [0.717, 1.165) is 61.5 Å². The summed E-state index contributed by atoms with van der Waals surface area (Å²) < 4.78 is 1.46. The zero-order valence-electron chi connectivity index (χ0n) is 14.9. The van der Waals surface area contributed by atoms with Crippen molar-refractivity contribution in [3.8, 4) is 0 Å². The molecule has 1 atom stereocenters. The van der Waals surface area contributed by atoms with Crippen LogP contribution >= 0.6 is 0 Å². The lowest BCUT2D eigenvalue weighted by atomic mass is 9.88. The van der Waals surface area contributed by atoms with Gasteiger partial charge in [-0.2, -0.15) is 9.78 Å². The Balaban J connectivity index is 1.70. The Morgan fingerprint density at radius 2 is 2.28 bits per heavy atom. The number of nitrogen functional groups attached to an aromatic ring is 1. The fraction of sp³-hybridized carbons (Fsp3) is 0.474. The van der Waals surface area contributed by atoms with Crippen LogP contribution in [0.5, 0.6) is 0 Å². The van der Waals surface area contributed by atoms with Gasteiger partial charge in [0.15, 0.2) is 0 Å². The number of nitrogens with zero attached hydrogens (tertiary/aromatic N) is 3. The van der Waals surface area contributed by atoms with E-state index >= 15 is 0 Å². The molecule has 3 heterocycles. The van der Waals surface area contributed by atoms with Gasteiger partial charge in [-0.3, -0.25) is 9.69 Å². The van der Waals surface area contributed by atoms with Crippen LogP contribution in [0.4, 0.5) is 11.5 Å². The van der Waals surface area contributed by atoms with Crippen molar-refractivity contribution in [2.24, 2.45) is 0 Å². The van der Waals surface area contributed by atoms with Gasteiger partial charge in [-0.1, -0.05) is 25.1 Å². The Morgan fingerprint density at radius 1 is 1.44 bits per heavy atom. The minimum atomic E-state index is -0.193. The van der Waals surface area contributed by atoms with E-state index in [9.17, 15) is 4.79 Å². The number of para-hydroxylation sites is 1. The maximum Gasteiger partial charge on any atom is 0.256 e. The monoisotopic (exact) mass is 339 g/mol. The molecule has 2 aliphatic rings. The molecule has 132 valence electrons. The van der Waals surface area contributed by atoms with E-state index in [1.165, 1.54) is 10.2 Å². The number of carbonyl (C=O) groups excluding carboxylic acids is 1. The van der Waals surface area contributed by atoms with Gasteiger partial charge in [-0.25, -0.2) is 0 Å². The van der Waals surface area contributed by atoms with Crippen molar-refractivity contribution in [1.29, 1.82) is 0 Å². The predicted octanol–water partition coefficient (Wildman–Crippen LogP) is 2.39. The molecule has 2 aliphatic heterocycles. The lowest BCUT2D eigenvalue weighted by molar-refractivity contribution is 0.0858. The first-order chi connectivity index (χ1) is 12.1. The second-order valence-electron chi connectivity index (χ2n) is 6.99. The first-order valence-corrected chi connectivity index (χ1v) is 9.06. The Bertz CT molecular complexity index is 825. The molecule has 0 radical (unpaired) electrons. The zero-order valence-corrected chi connectivity index (χ0v) is 14.9. The Labute approximate surface area is 148 Å². The maximum atomic E-state index is 13.2. The first kappa shape index (κ1) is 16.1. The second kappa shape index (κ2) is 6.19. The highest BCUT2D eigenvalue weighted by atomic mass is 16.2. The van der Waals surface area contributed by atoms with Crippen LogP contribution < -0.4 is 11.1 Å². The summed E-state index contributed by atoms with van der Waals surface area (Å²) in [6.45, 7) is 7.74. The lowest BCUT2D eigenvalue weighted by Crippen LogP contribution is -2.30. The minimum Gasteiger partial charge on any atom is -0.385 e. The highest BCUT2D eigenvalue weighted by Crippen LogP contribution is 2.36. The Hall–Kier alpha value is -2.34. The number of rotatable bonds is 2. The normalized spacial score (nSPS) is 19.8. The number of benzene rings is 1. The number of fused-ring (bicyclic) bond motifs is 2. The highest BCUT2D eigenvalue weighted by molar-refractivity contribution is 5.90. The van der Waals surface area contributed by atoms with Gasteiger partial charge in [0.1, 0.15) is 5.82 Å². The number of nitrogens with two attached hydrogens (primary N) is 1. The molecule has 0 unspecified atom stereocenters. The number of nitrogens with one attached hydrogen (secondary N) is 1. The number of aromatic nitrogens is 2. The Kier molecular flexibility index (Phi) is 4.00. The van der Waals surface area contributed by atoms with Gasteiger partial charge in [0.05, 0.1) is 11.6 Å². The zero-order chi connectivity index (χ0) is 17.6. The standard InChI is InChI=1S/C19H25N5O/c1-3-23-10-8-15-16(11-23)22-24(18(15)20)19(25)14-7-9-21-17-12(2)5-4-6-13(14)17/h4-6,14,21H,3,7-11,20H2,1-2H3/t14-/m1/s1. The van der Waals surface area contributed by atoms with E-state index in [1.54, 1.807) is 0 Å². The second-order valence-corrected chi connectivity index (χ2v) is 6.99. The van der Waals surface area contributed by atoms with Gasteiger partial charge >= 0.3 is 0 Å². The number of carbonyl (C=O) groups is 1. The summed E-state index contributed by atoms with van der Waals surface area (Å²) in [6.07, 6.45) is 1.63. The molecule has 0 bridgehead atoms. The molecular weight excluding hydrogens is 314 g/mol. The summed E-state index contributed by atoms with van der Waals surface area (Å²) in [6, 6.07) is 6.12. The molecular formula is C19H25N5O. The molecule has 25 heavy (non-hydrogen) atoms. The molecule has 1 aromatic carbocycles. The third kappa shape index (κ3) is 2.61. The van der Waals surface area contributed by atoms with Crippen molar-refractivity contribution < 1.29 is 4.79 Å². The molecule has 6 heteroatoms. The fourth-order valence-electron chi connectivity index (χ4n) is 4.03. The van der Waals surface area contributed by atoms with Crippen molar-refractivity contribution in [3.05, 3.63) is 40.6 Å². The van der Waals surface area contributed by atoms with Crippen LogP contribution in [0, 0.1) is 6.92 Å². The molecule has 1 aromatic heterocycles. The molecule has 4 rings (SSSR count). The summed E-state index contributed by atoms with van der Waals surface area (Å²) in [7, 11) is 0. The first-order valence-electron chi connectivity index (χ1n) is 9.06. The summed E-state index contributed by atoms with van der Waals surface area (Å²) in [5.41, 5.74) is 11.6. The van der Waals surface area contributed by atoms with E-state index in [2.05, 4.69) is 35.2 Å². The molecule has 0 aliphatic carbocycles. The van der Waals surface area contributed by atoms with E-state index in [0.29, 0.717) is 5.82 Å². The van der Waals surface area contributed by atoms with Crippen LogP contribution in [-0.4, -0.2) is 40.2 Å². The SMILES string of the molecule is CCN1CCc2c(nn(C(=O)[C@@H]3CCNc4c(C)cccc43)c2N)C1. The fourth-order valence-corrected chi connectivity index (χ4v) is 4.03. The topological polar surface area (TPSA) is 76.2 Å². The number of likely N-dealkylation sites (N-methyl/N-ethyl adjacent to an activating group) is 1. The molecule has 0 saturated carbocycles. The lowest BCUT2D eigenvalue weighted by Gasteiger charge is -2.27. The third-order valence-corrected chi connectivity index (χ3v) is 5.53. The van der Waals surface area contributed by atoms with Gasteiger partial charge in [0, 0.05) is 30.9 Å². The van der Waals surface area contributed by atoms with Crippen molar-refractivity contribution in [1.82, 2.24) is 14.7 Å². The van der Waals surface area contributed by atoms with Gasteiger partial charge < -0.3 is 11.1 Å². The molecule has 3 N–H and O–H groups in total. The van der Waals surface area contributed by atoms with Gasteiger partial charge in [-0.05, 0) is 37.4 Å². The predicted molar refractivity (Wildman–Crippen MR) is 98.9 cm³/mol. The number of anilines is 2. The minimum absolute atomic E-state index is 0.0108. The van der Waals surface area contributed by atoms with E-state index in [-0.39, 0.29) is 11.8 Å². The molecule has 2 aromatic rings. The van der Waals surface area contributed by atoms with Crippen LogP contribution in [0.15, 0.2) is 18.2 Å². The third-order valence-electron chi connectivity index (χ3n) is 5.53. The largest absolute Gasteiger partial charge is 0.385 e. The average molecular weight is 339 g/mol. The van der Waals surface area contributed by atoms with E-state index < -0.39 is 0 Å². The van der Waals surface area contributed by atoms with E-state index in [1.807, 2.05) is 12.1 Å². The smallest absolute Gasteiger partial charge is 0.256 e. The summed E-state index contributed by atoms with van der Waals surface area (Å²) in [4.78, 5) is 15.6. The molecule has 0 saturated heterocycles. The molecule has 6 nitrogen and oxygen atoms in total. The van der Waals surface area contributed by atoms with E-state index in [4.69, 9.17) is 5.73 Å². The van der Waals surface area contributed by atoms with Gasteiger partial charge in [0.2, 0.25) is 0 Å². The quantitative estimate of drug-likeness (QED) is 0.879. The molecule has 0 spiro atoms. The van der Waals surface area contributed by atoms with Crippen molar-refractivity contribution in [2.45, 2.75) is 39.2 Å². The van der Waals surface area contributed by atoms with Crippen molar-refractivity contribution >= 4 is 17.4 Å². The molecule has 0 fully saturated rings. The van der Waals surface area contributed by atoms with Crippen LogP contribution in [-0.2, 0) is 13.0 Å². The Morgan fingerprint density at radius 3 is 3.08 bits per heavy atom.